The largest absolute Gasteiger partial charge is 0.481 e. The number of esters is 2. The molecule has 0 saturated carbocycles. The molecule has 0 aromatic rings. The predicted molar refractivity (Wildman–Crippen MR) is 383 cm³/mol. The first-order valence-electron chi connectivity index (χ1n) is 32.8. The van der Waals surface area contributed by atoms with E-state index in [2.05, 4.69) is 137 Å². The lowest BCUT2D eigenvalue weighted by atomic mass is 10.1. The second kappa shape index (κ2) is 68.5. The number of aliphatic imine (C=N–C) groups is 6. The van der Waals surface area contributed by atoms with Crippen LogP contribution >= 0.6 is 23.5 Å². The van der Waals surface area contributed by atoms with Crippen molar-refractivity contribution in [2.75, 3.05) is 59.2 Å². The number of cyclic esters (lactones) is 2. The van der Waals surface area contributed by atoms with Crippen LogP contribution in [-0.2, 0) is 28.5 Å². The van der Waals surface area contributed by atoms with Crippen LogP contribution in [0.1, 0.15) is 222 Å². The molecule has 8 aliphatic rings. The van der Waals surface area contributed by atoms with Gasteiger partial charge in [-0.3, -0.25) is 30.0 Å². The number of thioether (sulfide) groups is 2. The van der Waals surface area contributed by atoms with Crippen molar-refractivity contribution in [3.63, 3.8) is 0 Å². The van der Waals surface area contributed by atoms with E-state index in [1.165, 1.54) is 11.8 Å². The van der Waals surface area contributed by atoms with E-state index in [4.69, 9.17) is 18.9 Å². The summed E-state index contributed by atoms with van der Waals surface area (Å²) in [6.45, 7) is 71.7. The molecule has 0 bridgehead atoms. The molecule has 0 amide bonds. The van der Waals surface area contributed by atoms with Gasteiger partial charge in [0.1, 0.15) is 25.4 Å². The summed E-state index contributed by atoms with van der Waals surface area (Å²) in [5.74, 6) is 5.74. The molecule has 84 heavy (non-hydrogen) atoms. The monoisotopic (exact) mass is 1230 g/mol. The first-order chi connectivity index (χ1) is 40.0. The van der Waals surface area contributed by atoms with Gasteiger partial charge in [-0.05, 0) is 59.0 Å². The molecular formula is C68H140N8O6S2. The molecule has 8 heterocycles. The van der Waals surface area contributed by atoms with E-state index in [1.54, 1.807) is 25.0 Å². The molecule has 0 aliphatic carbocycles. The summed E-state index contributed by atoms with van der Waals surface area (Å²) in [4.78, 5) is 50.1. The standard InChI is InChI=1S/2C7H14N2.2C7H10O2.2C6H11NO.2C6H11NS.8C2H6/c1-6(2)7-4-9(3)5-8-7;1-6(2)7-4-8-5-9(7)3;1-5(2)6-3-7(8)9-4-6;1-5(2)6-3-4-7(8)9-6;1-5(2)6-3-8-4-7-6;1-5(2)6-3-7-4-8-6;1-5(2)6-3-8-4-7-6;1-5(2)6-3-7-4-8-6;8*1-2/h2*5-7H,4H2,1-3H3;3,5H,4H2,1-2H3;3-6H,1-2H3;4*4-6H,3H2,1-2H3;8*1-2H3. The Morgan fingerprint density at radius 1 is 0.536 bits per heavy atom. The highest BCUT2D eigenvalue weighted by Gasteiger charge is 2.22. The zero-order chi connectivity index (χ0) is 67.3. The topological polar surface area (TPSA) is 152 Å². The number of ether oxygens (including phenoxy) is 4. The van der Waals surface area contributed by atoms with Crippen molar-refractivity contribution in [2.24, 2.45) is 77.3 Å². The Morgan fingerprint density at radius 3 is 1.27 bits per heavy atom. The lowest BCUT2D eigenvalue weighted by Gasteiger charge is -2.22. The first kappa shape index (κ1) is 96.6. The fourth-order valence-corrected chi connectivity index (χ4v) is 8.13. The average molecular weight is 1230 g/mol. The second-order valence-electron chi connectivity index (χ2n) is 20.5. The van der Waals surface area contributed by atoms with Gasteiger partial charge in [0.15, 0.2) is 12.8 Å². The van der Waals surface area contributed by atoms with Gasteiger partial charge in [-0.25, -0.2) is 9.59 Å². The molecule has 7 atom stereocenters. The third-order valence-corrected chi connectivity index (χ3v) is 13.8. The van der Waals surface area contributed by atoms with Gasteiger partial charge in [-0.1, -0.05) is 222 Å². The quantitative estimate of drug-likeness (QED) is 0.215. The van der Waals surface area contributed by atoms with E-state index in [0.717, 1.165) is 61.4 Å². The minimum absolute atomic E-state index is 0.0116. The number of nitrogens with zero attached hydrogens (tertiary/aromatic N) is 8. The Kier molecular flexibility index (Phi) is 78.8. The van der Waals surface area contributed by atoms with Crippen LogP contribution in [-0.4, -0.2) is 159 Å². The molecule has 16 heteroatoms. The zero-order valence-corrected chi connectivity index (χ0v) is 62.8. The number of likely N-dealkylation sites (N-methyl/N-ethyl adjacent to an activating group) is 2. The number of carbonyl (C=O) groups is 2. The molecule has 7 unspecified atom stereocenters. The second-order valence-corrected chi connectivity index (χ2v) is 22.5. The van der Waals surface area contributed by atoms with Crippen molar-refractivity contribution in [3.8, 4) is 0 Å². The molecule has 0 fully saturated rings. The summed E-state index contributed by atoms with van der Waals surface area (Å²) < 4.78 is 19.6. The molecule has 0 N–H and O–H groups in total. The molecular weight excluding hydrogens is 1090 g/mol. The third kappa shape index (κ3) is 53.8. The van der Waals surface area contributed by atoms with Crippen molar-refractivity contribution in [1.82, 2.24) is 9.80 Å². The molecule has 0 radical (unpaired) electrons. The number of hydrogen-bond donors (Lipinski definition) is 0. The summed E-state index contributed by atoms with van der Waals surface area (Å²) in [5, 5.41) is 0.759. The summed E-state index contributed by atoms with van der Waals surface area (Å²) in [7, 11) is 4.15. The molecule has 14 nitrogen and oxygen atoms in total. The van der Waals surface area contributed by atoms with Crippen molar-refractivity contribution in [3.05, 3.63) is 23.8 Å². The fourth-order valence-electron chi connectivity index (χ4n) is 6.32. The van der Waals surface area contributed by atoms with Gasteiger partial charge in [0.05, 0.1) is 67.6 Å². The van der Waals surface area contributed by atoms with Gasteiger partial charge in [-0.2, -0.15) is 0 Å². The Morgan fingerprint density at radius 2 is 1.08 bits per heavy atom. The van der Waals surface area contributed by atoms with Crippen LogP contribution in [0.3, 0.4) is 0 Å². The minimum Gasteiger partial charge on any atom is -0.481 e. The predicted octanol–water partition coefficient (Wildman–Crippen LogP) is 18.1. The van der Waals surface area contributed by atoms with Crippen molar-refractivity contribution in [1.29, 1.82) is 0 Å². The highest BCUT2D eigenvalue weighted by atomic mass is 32.2. The van der Waals surface area contributed by atoms with E-state index in [-0.39, 0.29) is 18.0 Å². The maximum absolute atomic E-state index is 10.5. The molecule has 500 valence electrons. The number of hydrogen-bond acceptors (Lipinski definition) is 16. The molecule has 0 spiro atoms. The highest BCUT2D eigenvalue weighted by molar-refractivity contribution is 8.13. The van der Waals surface area contributed by atoms with Crippen LogP contribution in [0.2, 0.25) is 0 Å². The van der Waals surface area contributed by atoms with Crippen molar-refractivity contribution in [2.45, 2.75) is 263 Å². The molecule has 0 aromatic carbocycles. The van der Waals surface area contributed by atoms with Gasteiger partial charge in [0, 0.05) is 43.8 Å². The van der Waals surface area contributed by atoms with Gasteiger partial charge >= 0.3 is 11.9 Å². The molecule has 8 rings (SSSR count). The van der Waals surface area contributed by atoms with Crippen LogP contribution in [0.15, 0.2) is 53.8 Å². The highest BCUT2D eigenvalue weighted by Crippen LogP contribution is 2.22. The summed E-state index contributed by atoms with van der Waals surface area (Å²) in [6, 6.07) is 2.19. The van der Waals surface area contributed by atoms with Crippen LogP contribution in [0.5, 0.6) is 0 Å². The van der Waals surface area contributed by atoms with E-state index >= 15 is 0 Å². The smallest absolute Gasteiger partial charge is 0.331 e. The lowest BCUT2D eigenvalue weighted by molar-refractivity contribution is -0.140. The van der Waals surface area contributed by atoms with Gasteiger partial charge < -0.3 is 28.7 Å². The number of carbonyl (C=O) groups excluding carboxylic acids is 2. The normalized spacial score (nSPS) is 21.2. The van der Waals surface area contributed by atoms with Gasteiger partial charge in [-0.15, -0.1) is 23.5 Å². The van der Waals surface area contributed by atoms with E-state index in [0.29, 0.717) is 66.5 Å². The molecule has 0 aromatic heterocycles. The van der Waals surface area contributed by atoms with Crippen LogP contribution in [0, 0.1) is 47.3 Å². The zero-order valence-electron chi connectivity index (χ0n) is 61.1. The van der Waals surface area contributed by atoms with Crippen LogP contribution in [0.25, 0.3) is 0 Å². The molecule has 8 aliphatic heterocycles. The summed E-state index contributed by atoms with van der Waals surface area (Å²) in [6.07, 6.45) is 12.1. The number of rotatable bonds is 8. The van der Waals surface area contributed by atoms with Crippen LogP contribution in [0.4, 0.5) is 0 Å². The van der Waals surface area contributed by atoms with E-state index in [1.807, 2.05) is 186 Å². The van der Waals surface area contributed by atoms with E-state index in [9.17, 15) is 9.59 Å². The fraction of sp³-hybridized carbons (Fsp3) is 0.824. The SMILES string of the molecule is CC.CC.CC.CC.CC.CC.CC.CC.CC(C)C1=CC(=O)OC1.CC(C)C1C=CC(=O)O1.CC(C)C1CN(C)C=N1.CC(C)C1CN=CN1C.CC(C)C1CN=CO1.CC(C)C1CN=CS1.CC(C)C1COC=N1.CC(C)C1CSC=N1. The Labute approximate surface area is 531 Å². The van der Waals surface area contributed by atoms with Crippen molar-refractivity contribution < 1.29 is 28.5 Å². The maximum atomic E-state index is 10.5. The lowest BCUT2D eigenvalue weighted by Crippen LogP contribution is -2.32. The first-order valence-corrected chi connectivity index (χ1v) is 34.8. The van der Waals surface area contributed by atoms with Gasteiger partial charge in [0.2, 0.25) is 0 Å². The van der Waals surface area contributed by atoms with Gasteiger partial charge in [0.25, 0.3) is 0 Å². The van der Waals surface area contributed by atoms with Crippen molar-refractivity contribution >= 4 is 72.0 Å². The Bertz CT molecular complexity index is 1600. The molecule has 0 saturated heterocycles. The third-order valence-electron chi connectivity index (χ3n) is 11.7. The van der Waals surface area contributed by atoms with E-state index < -0.39 is 0 Å². The minimum atomic E-state index is -0.214. The maximum Gasteiger partial charge on any atom is 0.331 e. The Hall–Kier alpha value is -3.66. The summed E-state index contributed by atoms with van der Waals surface area (Å²) in [5.41, 5.74) is 5.02. The summed E-state index contributed by atoms with van der Waals surface area (Å²) >= 11 is 3.68. The van der Waals surface area contributed by atoms with Crippen LogP contribution < -0.4 is 0 Å². The Balaban J connectivity index is -0.000000126. The average Bonchev–Trinajstić information content (AvgIpc) is 4.35.